The first-order valence-corrected chi connectivity index (χ1v) is 10.5. The van der Waals surface area contributed by atoms with Gasteiger partial charge in [-0.1, -0.05) is 0 Å². The quantitative estimate of drug-likeness (QED) is 0.453. The van der Waals surface area contributed by atoms with Gasteiger partial charge in [0.05, 0.1) is 33.7 Å². The number of halogens is 2. The molecule has 2 atom stereocenters. The van der Waals surface area contributed by atoms with E-state index in [0.717, 1.165) is 29.0 Å². The molecule has 2 aromatic carbocycles. The number of carboxylic acids is 1. The number of aryl methyl sites for hydroxylation is 1. The van der Waals surface area contributed by atoms with Crippen molar-refractivity contribution in [2.45, 2.75) is 33.0 Å². The fraction of sp³-hybridized carbons (Fsp3) is 0.304. The van der Waals surface area contributed by atoms with E-state index in [2.05, 4.69) is 0 Å². The van der Waals surface area contributed by atoms with Crippen LogP contribution in [0.3, 0.4) is 0 Å². The van der Waals surface area contributed by atoms with Crippen molar-refractivity contribution in [1.82, 2.24) is 4.57 Å². The third-order valence-electron chi connectivity index (χ3n) is 5.81. The summed E-state index contributed by atoms with van der Waals surface area (Å²) in [4.78, 5) is 37.9. The van der Waals surface area contributed by atoms with Gasteiger partial charge in [0.25, 0.3) is 5.69 Å². The number of aromatic carboxylic acids is 1. The van der Waals surface area contributed by atoms with Crippen LogP contribution in [0.15, 0.2) is 35.3 Å². The van der Waals surface area contributed by atoms with Crippen LogP contribution in [0.2, 0.25) is 0 Å². The largest absolute Gasteiger partial charge is 0.477 e. The zero-order valence-electron chi connectivity index (χ0n) is 18.5. The zero-order chi connectivity index (χ0) is 24.9. The number of nitrogens with zero attached hydrogens (tertiary/aromatic N) is 3. The van der Waals surface area contributed by atoms with E-state index in [9.17, 15) is 33.6 Å². The van der Waals surface area contributed by atoms with Gasteiger partial charge < -0.3 is 19.3 Å². The second-order valence-corrected chi connectivity index (χ2v) is 8.33. The molecule has 9 nitrogen and oxygen atoms in total. The highest BCUT2D eigenvalue weighted by Crippen LogP contribution is 2.39. The average molecular weight is 473 g/mol. The van der Waals surface area contributed by atoms with Gasteiger partial charge in [-0.15, -0.1) is 0 Å². The molecular weight excluding hydrogens is 452 g/mol. The molecular formula is C23H21F2N3O6. The molecule has 178 valence electrons. The molecule has 1 N–H and O–H groups in total. The summed E-state index contributed by atoms with van der Waals surface area (Å²) in [5, 5.41) is 21.3. The summed E-state index contributed by atoms with van der Waals surface area (Å²) in [5.41, 5.74) is -1.64. The number of hydrogen-bond acceptors (Lipinski definition) is 6. The van der Waals surface area contributed by atoms with Gasteiger partial charge in [-0.3, -0.25) is 14.9 Å². The molecule has 0 amide bonds. The molecule has 11 heteroatoms. The molecule has 1 fully saturated rings. The number of ether oxygens (including phenoxy) is 1. The second-order valence-electron chi connectivity index (χ2n) is 8.33. The summed E-state index contributed by atoms with van der Waals surface area (Å²) in [6, 6.07) is 3.76. The minimum atomic E-state index is -1.58. The maximum absolute atomic E-state index is 14.8. The lowest BCUT2D eigenvalue weighted by molar-refractivity contribution is -0.384. The number of pyridine rings is 1. The van der Waals surface area contributed by atoms with Crippen molar-refractivity contribution in [2.24, 2.45) is 0 Å². The molecule has 0 spiro atoms. The van der Waals surface area contributed by atoms with Gasteiger partial charge in [0.15, 0.2) is 0 Å². The number of nitro groups is 1. The Kier molecular flexibility index (Phi) is 5.82. The molecule has 4 rings (SSSR count). The van der Waals surface area contributed by atoms with Crippen molar-refractivity contribution in [2.75, 3.05) is 18.0 Å². The number of nitro benzene ring substituents is 1. The van der Waals surface area contributed by atoms with E-state index >= 15 is 0 Å². The average Bonchev–Trinajstić information content (AvgIpc) is 2.73. The van der Waals surface area contributed by atoms with E-state index in [1.807, 2.05) is 13.8 Å². The van der Waals surface area contributed by atoms with Crippen molar-refractivity contribution in [3.05, 3.63) is 73.6 Å². The summed E-state index contributed by atoms with van der Waals surface area (Å²) >= 11 is 0. The van der Waals surface area contributed by atoms with Crippen LogP contribution in [-0.2, 0) is 4.74 Å². The van der Waals surface area contributed by atoms with E-state index in [1.54, 1.807) is 11.8 Å². The molecule has 0 aliphatic carbocycles. The second kappa shape index (κ2) is 8.49. The first-order chi connectivity index (χ1) is 16.0. The van der Waals surface area contributed by atoms with Gasteiger partial charge in [-0.25, -0.2) is 13.6 Å². The Bertz CT molecular complexity index is 1390. The first-order valence-electron chi connectivity index (χ1n) is 10.5. The van der Waals surface area contributed by atoms with Crippen LogP contribution < -0.4 is 10.3 Å². The Morgan fingerprint density at radius 1 is 1.21 bits per heavy atom. The van der Waals surface area contributed by atoms with Crippen molar-refractivity contribution in [3.8, 4) is 5.69 Å². The van der Waals surface area contributed by atoms with Crippen molar-refractivity contribution in [1.29, 1.82) is 0 Å². The molecule has 2 unspecified atom stereocenters. The highest BCUT2D eigenvalue weighted by molar-refractivity contribution is 5.98. The van der Waals surface area contributed by atoms with Gasteiger partial charge in [0.1, 0.15) is 22.9 Å². The van der Waals surface area contributed by atoms with Crippen molar-refractivity contribution < 1.29 is 28.3 Å². The van der Waals surface area contributed by atoms with E-state index in [0.29, 0.717) is 19.2 Å². The Labute approximate surface area is 191 Å². The monoisotopic (exact) mass is 473 g/mol. The lowest BCUT2D eigenvalue weighted by Gasteiger charge is -2.37. The Balaban J connectivity index is 2.15. The number of rotatable bonds is 4. The predicted molar refractivity (Wildman–Crippen MR) is 120 cm³/mol. The number of hydrogen-bond donors (Lipinski definition) is 1. The van der Waals surface area contributed by atoms with Crippen LogP contribution in [0, 0.1) is 28.7 Å². The fourth-order valence-corrected chi connectivity index (χ4v) is 4.58. The maximum atomic E-state index is 14.8. The Hall–Kier alpha value is -3.86. The number of aromatic nitrogens is 1. The van der Waals surface area contributed by atoms with Crippen LogP contribution in [0.25, 0.3) is 16.6 Å². The minimum Gasteiger partial charge on any atom is -0.477 e. The minimum absolute atomic E-state index is 0.0907. The fourth-order valence-electron chi connectivity index (χ4n) is 4.58. The summed E-state index contributed by atoms with van der Waals surface area (Å²) < 4.78 is 35.2. The number of fused-ring (bicyclic) bond motifs is 1. The lowest BCUT2D eigenvalue weighted by Crippen LogP contribution is -2.46. The molecule has 2 heterocycles. The first kappa shape index (κ1) is 23.3. The van der Waals surface area contributed by atoms with E-state index in [-0.39, 0.29) is 45.7 Å². The topological polar surface area (TPSA) is 115 Å². The smallest absolute Gasteiger partial charge is 0.341 e. The van der Waals surface area contributed by atoms with Crippen LogP contribution in [0.4, 0.5) is 20.2 Å². The molecule has 0 saturated carbocycles. The van der Waals surface area contributed by atoms with Crippen molar-refractivity contribution >= 4 is 28.2 Å². The van der Waals surface area contributed by atoms with Gasteiger partial charge >= 0.3 is 5.97 Å². The van der Waals surface area contributed by atoms with E-state index in [1.165, 1.54) is 0 Å². The summed E-state index contributed by atoms with van der Waals surface area (Å²) in [6.07, 6.45) is 0.491. The van der Waals surface area contributed by atoms with E-state index in [4.69, 9.17) is 4.74 Å². The molecule has 1 aliphatic heterocycles. The zero-order valence-corrected chi connectivity index (χ0v) is 18.5. The normalized spacial score (nSPS) is 18.3. The molecule has 1 aliphatic rings. The van der Waals surface area contributed by atoms with Crippen LogP contribution in [0.5, 0.6) is 0 Å². The molecule has 0 radical (unpaired) electrons. The maximum Gasteiger partial charge on any atom is 0.341 e. The number of morpholine rings is 1. The van der Waals surface area contributed by atoms with Crippen LogP contribution in [0.1, 0.15) is 29.8 Å². The Morgan fingerprint density at radius 2 is 1.85 bits per heavy atom. The predicted octanol–water partition coefficient (Wildman–Crippen LogP) is 3.80. The van der Waals surface area contributed by atoms with Gasteiger partial charge in [-0.05, 0) is 32.9 Å². The summed E-state index contributed by atoms with van der Waals surface area (Å²) in [7, 11) is 0. The molecule has 34 heavy (non-hydrogen) atoms. The SMILES string of the molecule is Cc1c(N2CC(C)OC(C)C2)c([N+](=O)[O-])cc2c(=O)c(C(=O)O)cn(-c3ccc(F)cc3F)c12. The highest BCUT2D eigenvalue weighted by atomic mass is 19.1. The van der Waals surface area contributed by atoms with Crippen LogP contribution >= 0.6 is 0 Å². The number of carboxylic acid groups (broad SMARTS) is 1. The molecule has 3 aromatic rings. The number of anilines is 1. The molecule has 0 bridgehead atoms. The highest BCUT2D eigenvalue weighted by Gasteiger charge is 2.32. The number of carbonyl (C=O) groups is 1. The lowest BCUT2D eigenvalue weighted by atomic mass is 10.0. The van der Waals surface area contributed by atoms with Crippen LogP contribution in [-0.4, -0.2) is 45.9 Å². The summed E-state index contributed by atoms with van der Waals surface area (Å²) in [5.74, 6) is -3.41. The standard InChI is InChI=1S/C23H21F2N3O6/c1-11-8-26(9-12(2)34-11)21-13(3)20-15(7-19(21)28(32)33)22(29)16(23(30)31)10-27(20)18-5-4-14(24)6-17(18)25/h4-7,10-12H,8-9H2,1-3H3,(H,30,31). The summed E-state index contributed by atoms with van der Waals surface area (Å²) in [6.45, 7) is 5.87. The third kappa shape index (κ3) is 3.87. The number of benzene rings is 2. The molecule has 1 saturated heterocycles. The Morgan fingerprint density at radius 3 is 2.41 bits per heavy atom. The molecule has 1 aromatic heterocycles. The third-order valence-corrected chi connectivity index (χ3v) is 5.81. The van der Waals surface area contributed by atoms with E-state index < -0.39 is 33.5 Å². The van der Waals surface area contributed by atoms with Gasteiger partial charge in [0.2, 0.25) is 5.43 Å². The van der Waals surface area contributed by atoms with Gasteiger partial charge in [-0.2, -0.15) is 0 Å². The van der Waals surface area contributed by atoms with Crippen molar-refractivity contribution in [3.63, 3.8) is 0 Å². The van der Waals surface area contributed by atoms with Gasteiger partial charge in [0, 0.05) is 37.0 Å².